The first-order chi connectivity index (χ1) is 12.7. The third kappa shape index (κ3) is 4.42. The lowest BCUT2D eigenvalue weighted by Crippen LogP contribution is -2.12. The van der Waals surface area contributed by atoms with Gasteiger partial charge in [0.25, 0.3) is 0 Å². The number of hydrogen-bond donors (Lipinski definition) is 1. The van der Waals surface area contributed by atoms with Crippen molar-refractivity contribution in [3.63, 3.8) is 0 Å². The van der Waals surface area contributed by atoms with Gasteiger partial charge in [-0.1, -0.05) is 23.7 Å². The molecule has 1 aliphatic heterocycles. The average molecular weight is 408 g/mol. The van der Waals surface area contributed by atoms with E-state index < -0.39 is 9.84 Å². The molecule has 1 aromatic heterocycles. The molecule has 1 N–H and O–H groups in total. The molecule has 1 atom stereocenters. The number of aromatic nitrogens is 2. The van der Waals surface area contributed by atoms with Crippen LogP contribution < -0.4 is 5.32 Å². The molecule has 0 saturated carbocycles. The Hall–Kier alpha value is -2.12. The number of carbonyl (C=O) groups excluding carboxylic acids is 1. The van der Waals surface area contributed by atoms with Crippen molar-refractivity contribution in [1.82, 2.24) is 9.78 Å². The quantitative estimate of drug-likeness (QED) is 0.787. The standard InChI is InChI=1S/C19H22ClN3O3S/c1-12-4-5-13(2)17(10-12)21-18(24)7-6-16-14(3)22-23(19(16)20)15-8-9-27(25,26)11-15/h4-7,10,15H,8-9,11H2,1-3H3,(H,21,24)/b7-6+/t15-/m1/s1. The summed E-state index contributed by atoms with van der Waals surface area (Å²) in [6, 6.07) is 5.60. The van der Waals surface area contributed by atoms with Crippen molar-refractivity contribution in [2.24, 2.45) is 0 Å². The number of benzene rings is 1. The number of aryl methyl sites for hydroxylation is 3. The topological polar surface area (TPSA) is 81.1 Å². The molecule has 27 heavy (non-hydrogen) atoms. The summed E-state index contributed by atoms with van der Waals surface area (Å²) in [5.41, 5.74) is 4.08. The van der Waals surface area contributed by atoms with Crippen molar-refractivity contribution in [3.8, 4) is 0 Å². The molecule has 0 radical (unpaired) electrons. The Morgan fingerprint density at radius 1 is 1.33 bits per heavy atom. The summed E-state index contributed by atoms with van der Waals surface area (Å²) in [5.74, 6) is -0.0733. The van der Waals surface area contributed by atoms with Crippen molar-refractivity contribution in [2.75, 3.05) is 16.8 Å². The third-order valence-corrected chi connectivity index (χ3v) is 6.80. The van der Waals surface area contributed by atoms with Crippen molar-refractivity contribution < 1.29 is 13.2 Å². The highest BCUT2D eigenvalue weighted by molar-refractivity contribution is 7.91. The fraction of sp³-hybridized carbons (Fsp3) is 0.368. The largest absolute Gasteiger partial charge is 0.322 e. The molecule has 0 unspecified atom stereocenters. The van der Waals surface area contributed by atoms with E-state index in [1.807, 2.05) is 32.0 Å². The van der Waals surface area contributed by atoms with Gasteiger partial charge in [-0.15, -0.1) is 0 Å². The van der Waals surface area contributed by atoms with E-state index in [1.165, 1.54) is 6.08 Å². The normalized spacial score (nSPS) is 18.9. The van der Waals surface area contributed by atoms with E-state index >= 15 is 0 Å². The number of sulfone groups is 1. The van der Waals surface area contributed by atoms with Crippen LogP contribution in [0.5, 0.6) is 0 Å². The van der Waals surface area contributed by atoms with E-state index in [2.05, 4.69) is 10.4 Å². The van der Waals surface area contributed by atoms with Crippen LogP contribution in [0.4, 0.5) is 5.69 Å². The second-order valence-corrected chi connectivity index (χ2v) is 9.52. The van der Waals surface area contributed by atoms with E-state index in [4.69, 9.17) is 11.6 Å². The van der Waals surface area contributed by atoms with Crippen LogP contribution in [0.2, 0.25) is 5.15 Å². The summed E-state index contributed by atoms with van der Waals surface area (Å²) in [5, 5.41) is 7.59. The van der Waals surface area contributed by atoms with Gasteiger partial charge >= 0.3 is 0 Å². The van der Waals surface area contributed by atoms with E-state index in [-0.39, 0.29) is 23.5 Å². The van der Waals surface area contributed by atoms with Crippen LogP contribution in [-0.4, -0.2) is 35.6 Å². The van der Waals surface area contributed by atoms with E-state index in [1.54, 1.807) is 17.7 Å². The molecule has 0 bridgehead atoms. The Morgan fingerprint density at radius 2 is 2.07 bits per heavy atom. The van der Waals surface area contributed by atoms with E-state index in [9.17, 15) is 13.2 Å². The third-order valence-electron chi connectivity index (χ3n) is 4.68. The minimum Gasteiger partial charge on any atom is -0.322 e. The Bertz CT molecular complexity index is 1030. The Balaban J connectivity index is 1.77. The molecule has 2 heterocycles. The highest BCUT2D eigenvalue weighted by Crippen LogP contribution is 2.30. The maximum absolute atomic E-state index is 12.3. The zero-order valence-corrected chi connectivity index (χ0v) is 17.1. The van der Waals surface area contributed by atoms with Crippen molar-refractivity contribution in [1.29, 1.82) is 0 Å². The summed E-state index contributed by atoms with van der Waals surface area (Å²) < 4.78 is 25.0. The number of hydrogen-bond acceptors (Lipinski definition) is 4. The van der Waals surface area contributed by atoms with E-state index in [0.717, 1.165) is 16.8 Å². The number of anilines is 1. The first-order valence-electron chi connectivity index (χ1n) is 8.67. The number of nitrogens with one attached hydrogen (secondary N) is 1. The maximum atomic E-state index is 12.3. The van der Waals surface area contributed by atoms with Crippen LogP contribution in [0.25, 0.3) is 6.08 Å². The van der Waals surface area contributed by atoms with E-state index in [0.29, 0.717) is 22.8 Å². The van der Waals surface area contributed by atoms with Gasteiger partial charge in [0.1, 0.15) is 5.15 Å². The van der Waals surface area contributed by atoms with Crippen LogP contribution in [-0.2, 0) is 14.6 Å². The molecule has 0 aliphatic carbocycles. The van der Waals surface area contributed by atoms with Crippen molar-refractivity contribution in [2.45, 2.75) is 33.2 Å². The molecule has 144 valence electrons. The predicted molar refractivity (Wildman–Crippen MR) is 108 cm³/mol. The Labute approximate surface area is 164 Å². The van der Waals surface area contributed by atoms with Crippen molar-refractivity contribution in [3.05, 3.63) is 51.8 Å². The van der Waals surface area contributed by atoms with Crippen LogP contribution in [0, 0.1) is 20.8 Å². The molecule has 0 spiro atoms. The number of amides is 1. The molecule has 1 amide bonds. The molecule has 2 aromatic rings. The second-order valence-electron chi connectivity index (χ2n) is 6.93. The minimum atomic E-state index is -3.03. The summed E-state index contributed by atoms with van der Waals surface area (Å²) in [7, 11) is -3.03. The van der Waals surface area contributed by atoms with Gasteiger partial charge in [0, 0.05) is 17.3 Å². The number of rotatable bonds is 4. The first kappa shape index (κ1) is 19.6. The molecule has 3 rings (SSSR count). The Morgan fingerprint density at radius 3 is 2.74 bits per heavy atom. The average Bonchev–Trinajstić information content (AvgIpc) is 3.08. The predicted octanol–water partition coefficient (Wildman–Crippen LogP) is 3.47. The molecular weight excluding hydrogens is 386 g/mol. The fourth-order valence-corrected chi connectivity index (χ4v) is 5.20. The fourth-order valence-electron chi connectivity index (χ4n) is 3.14. The smallest absolute Gasteiger partial charge is 0.248 e. The number of halogens is 1. The minimum absolute atomic E-state index is 0.0457. The summed E-state index contributed by atoms with van der Waals surface area (Å²) in [6.45, 7) is 5.68. The lowest BCUT2D eigenvalue weighted by Gasteiger charge is -2.09. The summed E-state index contributed by atoms with van der Waals surface area (Å²) >= 11 is 6.42. The van der Waals surface area contributed by atoms with Gasteiger partial charge in [-0.25, -0.2) is 13.1 Å². The van der Waals surface area contributed by atoms with Gasteiger partial charge in [-0.2, -0.15) is 5.10 Å². The molecule has 1 aliphatic rings. The summed E-state index contributed by atoms with van der Waals surface area (Å²) in [6.07, 6.45) is 3.53. The number of carbonyl (C=O) groups is 1. The van der Waals surface area contributed by atoms with Crippen LogP contribution >= 0.6 is 11.6 Å². The van der Waals surface area contributed by atoms with Gasteiger partial charge in [0.05, 0.1) is 23.2 Å². The van der Waals surface area contributed by atoms with Gasteiger partial charge in [-0.3, -0.25) is 4.79 Å². The lowest BCUT2D eigenvalue weighted by molar-refractivity contribution is -0.111. The zero-order valence-electron chi connectivity index (χ0n) is 15.5. The molecule has 1 saturated heterocycles. The van der Waals surface area contributed by atoms with Crippen LogP contribution in [0.3, 0.4) is 0 Å². The van der Waals surface area contributed by atoms with Gasteiger partial charge in [-0.05, 0) is 50.5 Å². The van der Waals surface area contributed by atoms with Crippen molar-refractivity contribution >= 4 is 39.1 Å². The molecular formula is C19H22ClN3O3S. The van der Waals surface area contributed by atoms with Gasteiger partial charge in [0.2, 0.25) is 5.91 Å². The Kier molecular flexibility index (Phi) is 5.44. The SMILES string of the molecule is Cc1ccc(C)c(NC(=O)/C=C/c2c(C)nn([C@@H]3CCS(=O)(=O)C3)c2Cl)c1. The second kappa shape index (κ2) is 7.48. The van der Waals surface area contributed by atoms with Gasteiger partial charge in [0.15, 0.2) is 9.84 Å². The molecule has 6 nitrogen and oxygen atoms in total. The molecule has 1 fully saturated rings. The zero-order chi connectivity index (χ0) is 19.8. The molecule has 1 aromatic carbocycles. The maximum Gasteiger partial charge on any atom is 0.248 e. The molecule has 8 heteroatoms. The van der Waals surface area contributed by atoms with Crippen LogP contribution in [0.1, 0.15) is 34.8 Å². The highest BCUT2D eigenvalue weighted by Gasteiger charge is 2.31. The van der Waals surface area contributed by atoms with Gasteiger partial charge < -0.3 is 5.32 Å². The first-order valence-corrected chi connectivity index (χ1v) is 10.9. The lowest BCUT2D eigenvalue weighted by atomic mass is 10.1. The monoisotopic (exact) mass is 407 g/mol. The highest BCUT2D eigenvalue weighted by atomic mass is 35.5. The number of nitrogens with zero attached hydrogens (tertiary/aromatic N) is 2. The summed E-state index contributed by atoms with van der Waals surface area (Å²) in [4.78, 5) is 12.3. The van der Waals surface area contributed by atoms with Crippen LogP contribution in [0.15, 0.2) is 24.3 Å².